The van der Waals surface area contributed by atoms with Gasteiger partial charge in [0.05, 0.1) is 18.2 Å². The number of carbonyl (C=O) groups is 2. The van der Waals surface area contributed by atoms with Crippen LogP contribution in [0.15, 0.2) is 48.7 Å². The summed E-state index contributed by atoms with van der Waals surface area (Å²) in [5.41, 5.74) is 3.07. The normalized spacial score (nSPS) is 16.1. The maximum absolute atomic E-state index is 13.6. The Hall–Kier alpha value is -3.19. The van der Waals surface area contributed by atoms with E-state index in [1.807, 2.05) is 54.8 Å². The van der Waals surface area contributed by atoms with Crippen LogP contribution in [0.2, 0.25) is 0 Å². The maximum atomic E-state index is 13.6. The molecule has 0 amide bonds. The third-order valence-electron chi connectivity index (χ3n) is 6.47. The molecule has 33 heavy (non-hydrogen) atoms. The SMILES string of the molecule is CCOc1cccn2c(C(=O)C[C@@H](CN3CCC(C(=O)O)CC3)c3ccccc3)c(C)nc12. The highest BCUT2D eigenvalue weighted by Crippen LogP contribution is 2.28. The fraction of sp³-hybridized carbons (Fsp3) is 0.423. The average molecular weight is 450 g/mol. The van der Waals surface area contributed by atoms with Crippen LogP contribution in [0, 0.1) is 12.8 Å². The number of ketones is 1. The Balaban J connectivity index is 1.57. The maximum Gasteiger partial charge on any atom is 0.306 e. The van der Waals surface area contributed by atoms with Crippen LogP contribution in [-0.4, -0.2) is 57.4 Å². The van der Waals surface area contributed by atoms with Gasteiger partial charge in [-0.1, -0.05) is 30.3 Å². The van der Waals surface area contributed by atoms with E-state index in [9.17, 15) is 14.7 Å². The number of likely N-dealkylation sites (tertiary alicyclic amines) is 1. The number of aromatic nitrogens is 2. The van der Waals surface area contributed by atoms with Gasteiger partial charge in [0, 0.05) is 25.1 Å². The summed E-state index contributed by atoms with van der Waals surface area (Å²) >= 11 is 0. The van der Waals surface area contributed by atoms with Crippen LogP contribution in [0.1, 0.15) is 53.8 Å². The number of carbonyl (C=O) groups excluding carboxylic acids is 1. The largest absolute Gasteiger partial charge is 0.490 e. The predicted octanol–water partition coefficient (Wildman–Crippen LogP) is 4.19. The van der Waals surface area contributed by atoms with Gasteiger partial charge in [-0.05, 0) is 57.5 Å². The number of nitrogens with zero attached hydrogens (tertiary/aromatic N) is 3. The number of fused-ring (bicyclic) bond motifs is 1. The van der Waals surface area contributed by atoms with E-state index in [2.05, 4.69) is 22.0 Å². The molecule has 0 aliphatic carbocycles. The molecule has 1 saturated heterocycles. The summed E-state index contributed by atoms with van der Waals surface area (Å²) in [6, 6.07) is 13.8. The van der Waals surface area contributed by atoms with Crippen molar-refractivity contribution in [2.24, 2.45) is 5.92 Å². The van der Waals surface area contributed by atoms with Crippen molar-refractivity contribution in [3.8, 4) is 5.75 Å². The van der Waals surface area contributed by atoms with E-state index >= 15 is 0 Å². The summed E-state index contributed by atoms with van der Waals surface area (Å²) < 4.78 is 7.54. The molecule has 7 heteroatoms. The smallest absolute Gasteiger partial charge is 0.306 e. The molecule has 0 radical (unpaired) electrons. The number of rotatable bonds is 9. The zero-order chi connectivity index (χ0) is 23.4. The fourth-order valence-corrected chi connectivity index (χ4v) is 4.77. The van der Waals surface area contributed by atoms with E-state index in [0.29, 0.717) is 48.7 Å². The van der Waals surface area contributed by atoms with E-state index in [-0.39, 0.29) is 17.6 Å². The van der Waals surface area contributed by atoms with Gasteiger partial charge in [-0.25, -0.2) is 4.98 Å². The minimum atomic E-state index is -0.709. The van der Waals surface area contributed by atoms with Crippen molar-refractivity contribution in [3.05, 3.63) is 65.6 Å². The predicted molar refractivity (Wildman–Crippen MR) is 126 cm³/mol. The van der Waals surface area contributed by atoms with Gasteiger partial charge in [-0.3, -0.25) is 14.0 Å². The summed E-state index contributed by atoms with van der Waals surface area (Å²) in [5, 5.41) is 9.29. The number of ether oxygens (including phenoxy) is 1. The zero-order valence-corrected chi connectivity index (χ0v) is 19.2. The first-order valence-corrected chi connectivity index (χ1v) is 11.6. The lowest BCUT2D eigenvalue weighted by Gasteiger charge is -2.33. The minimum Gasteiger partial charge on any atom is -0.490 e. The number of imidazole rings is 1. The summed E-state index contributed by atoms with van der Waals surface area (Å²) in [6.07, 6.45) is 3.52. The van der Waals surface area contributed by atoms with Crippen molar-refractivity contribution in [2.45, 2.75) is 39.0 Å². The number of carboxylic acids is 1. The fourth-order valence-electron chi connectivity index (χ4n) is 4.77. The van der Waals surface area contributed by atoms with Gasteiger partial charge in [0.1, 0.15) is 5.69 Å². The van der Waals surface area contributed by atoms with Crippen LogP contribution < -0.4 is 4.74 Å². The molecular formula is C26H31N3O4. The Morgan fingerprint density at radius 1 is 1.15 bits per heavy atom. The number of hydrogen-bond acceptors (Lipinski definition) is 5. The standard InChI is InChI=1S/C26H31N3O4/c1-3-33-23-10-7-13-29-24(18(2)27-25(23)29)22(30)16-21(19-8-5-4-6-9-19)17-28-14-11-20(12-15-28)26(31)32/h4-10,13,20-21H,3,11-12,14-17H2,1-2H3,(H,31,32)/t21-/m0/s1. The highest BCUT2D eigenvalue weighted by molar-refractivity contribution is 5.97. The summed E-state index contributed by atoms with van der Waals surface area (Å²) in [4.78, 5) is 31.8. The molecule has 1 fully saturated rings. The van der Waals surface area contributed by atoms with Gasteiger partial charge in [0.2, 0.25) is 0 Å². The lowest BCUT2D eigenvalue weighted by molar-refractivity contribution is -0.143. The number of Topliss-reactive ketones (excluding diaryl/α,β-unsaturated/α-hetero) is 1. The van der Waals surface area contributed by atoms with E-state index < -0.39 is 5.97 Å². The van der Waals surface area contributed by atoms with Gasteiger partial charge >= 0.3 is 5.97 Å². The molecule has 174 valence electrons. The van der Waals surface area contributed by atoms with Crippen LogP contribution in [-0.2, 0) is 4.79 Å². The Bertz CT molecular complexity index is 1120. The highest BCUT2D eigenvalue weighted by atomic mass is 16.5. The van der Waals surface area contributed by atoms with Crippen LogP contribution in [0.5, 0.6) is 5.75 Å². The van der Waals surface area contributed by atoms with Gasteiger partial charge in [-0.15, -0.1) is 0 Å². The van der Waals surface area contributed by atoms with Crippen molar-refractivity contribution in [1.29, 1.82) is 0 Å². The molecule has 1 N–H and O–H groups in total. The molecule has 1 aromatic carbocycles. The van der Waals surface area contributed by atoms with Gasteiger partial charge < -0.3 is 14.7 Å². The van der Waals surface area contributed by atoms with Crippen molar-refractivity contribution < 1.29 is 19.4 Å². The average Bonchev–Trinajstić information content (AvgIpc) is 3.16. The Morgan fingerprint density at radius 2 is 1.88 bits per heavy atom. The molecule has 2 aromatic heterocycles. The van der Waals surface area contributed by atoms with E-state index in [4.69, 9.17) is 4.74 Å². The first-order chi connectivity index (χ1) is 16.0. The number of carboxylic acid groups (broad SMARTS) is 1. The molecule has 3 heterocycles. The number of aliphatic carboxylic acids is 1. The molecule has 4 rings (SSSR count). The van der Waals surface area contributed by atoms with Crippen LogP contribution >= 0.6 is 0 Å². The van der Waals surface area contributed by atoms with Gasteiger partial charge in [0.25, 0.3) is 0 Å². The second-order valence-electron chi connectivity index (χ2n) is 8.69. The van der Waals surface area contributed by atoms with Crippen LogP contribution in [0.3, 0.4) is 0 Å². The first-order valence-electron chi connectivity index (χ1n) is 11.6. The Morgan fingerprint density at radius 3 is 2.55 bits per heavy atom. The summed E-state index contributed by atoms with van der Waals surface area (Å²) in [5.74, 6) is -0.247. The van der Waals surface area contributed by atoms with Crippen LogP contribution in [0.25, 0.3) is 5.65 Å². The van der Waals surface area contributed by atoms with Gasteiger partial charge in [-0.2, -0.15) is 0 Å². The summed E-state index contributed by atoms with van der Waals surface area (Å²) in [6.45, 7) is 6.52. The summed E-state index contributed by atoms with van der Waals surface area (Å²) in [7, 11) is 0. The number of benzene rings is 1. The quantitative estimate of drug-likeness (QED) is 0.493. The molecular weight excluding hydrogens is 418 g/mol. The number of piperidine rings is 1. The molecule has 0 saturated carbocycles. The van der Waals surface area contributed by atoms with Crippen molar-refractivity contribution in [2.75, 3.05) is 26.2 Å². The number of hydrogen-bond donors (Lipinski definition) is 1. The van der Waals surface area contributed by atoms with E-state index in [1.54, 1.807) is 0 Å². The third kappa shape index (κ3) is 5.09. The molecule has 0 bridgehead atoms. The molecule has 1 aliphatic rings. The number of aryl methyl sites for hydroxylation is 1. The minimum absolute atomic E-state index is 0.0140. The molecule has 1 aliphatic heterocycles. The first kappa shape index (κ1) is 23.0. The molecule has 0 unspecified atom stereocenters. The molecule has 7 nitrogen and oxygen atoms in total. The van der Waals surface area contributed by atoms with Crippen molar-refractivity contribution in [3.63, 3.8) is 0 Å². The second kappa shape index (κ2) is 10.2. The van der Waals surface area contributed by atoms with Crippen molar-refractivity contribution >= 4 is 17.4 Å². The lowest BCUT2D eigenvalue weighted by atomic mass is 9.90. The second-order valence-corrected chi connectivity index (χ2v) is 8.69. The van der Waals surface area contributed by atoms with E-state index in [1.165, 1.54) is 0 Å². The Kier molecular flexibility index (Phi) is 7.08. The Labute approximate surface area is 194 Å². The molecule has 0 spiro atoms. The van der Waals surface area contributed by atoms with E-state index in [0.717, 1.165) is 25.2 Å². The molecule has 1 atom stereocenters. The van der Waals surface area contributed by atoms with Crippen LogP contribution in [0.4, 0.5) is 0 Å². The monoisotopic (exact) mass is 449 g/mol. The number of pyridine rings is 1. The molecule has 3 aromatic rings. The van der Waals surface area contributed by atoms with Gasteiger partial charge in [0.15, 0.2) is 17.2 Å². The third-order valence-corrected chi connectivity index (χ3v) is 6.47. The highest BCUT2D eigenvalue weighted by Gasteiger charge is 2.28. The lowest BCUT2D eigenvalue weighted by Crippen LogP contribution is -2.39. The van der Waals surface area contributed by atoms with Crippen molar-refractivity contribution in [1.82, 2.24) is 14.3 Å². The topological polar surface area (TPSA) is 84.1 Å². The zero-order valence-electron chi connectivity index (χ0n) is 19.2.